The lowest BCUT2D eigenvalue weighted by molar-refractivity contribution is -0.170. The summed E-state index contributed by atoms with van der Waals surface area (Å²) in [6.07, 6.45) is 5.23. The van der Waals surface area contributed by atoms with E-state index in [-0.39, 0.29) is 64.7 Å². The Labute approximate surface area is 248 Å². The Morgan fingerprint density at radius 2 is 1.79 bits per heavy atom. The van der Waals surface area contributed by atoms with Crippen LogP contribution in [0, 0.1) is 23.7 Å². The van der Waals surface area contributed by atoms with E-state index in [1.807, 2.05) is 30.3 Å². The number of carbonyl (C=O) groups excluding carboxylic acids is 2. The summed E-state index contributed by atoms with van der Waals surface area (Å²) in [5.41, 5.74) is 2.32. The molecule has 9 nitrogen and oxygen atoms in total. The molecule has 3 saturated heterocycles. The van der Waals surface area contributed by atoms with E-state index < -0.39 is 15.9 Å². The van der Waals surface area contributed by atoms with Crippen molar-refractivity contribution in [2.75, 3.05) is 29.6 Å². The van der Waals surface area contributed by atoms with Crippen LogP contribution in [0.5, 0.6) is 0 Å². The van der Waals surface area contributed by atoms with Gasteiger partial charge < -0.3 is 14.8 Å². The molecule has 1 saturated carbocycles. The number of aromatic nitrogens is 1. The Kier molecular flexibility index (Phi) is 7.91. The maximum Gasteiger partial charge on any atom is 0.248 e. The molecule has 0 bridgehead atoms. The fourth-order valence-corrected chi connectivity index (χ4v) is 8.83. The zero-order valence-electron chi connectivity index (χ0n) is 24.6. The number of benzene rings is 1. The number of nitrogens with one attached hydrogen (secondary N) is 1. The van der Waals surface area contributed by atoms with Crippen LogP contribution in [0.3, 0.4) is 0 Å². The third-order valence-corrected chi connectivity index (χ3v) is 11.3. The quantitative estimate of drug-likeness (QED) is 0.540. The van der Waals surface area contributed by atoms with Gasteiger partial charge in [0.1, 0.15) is 15.9 Å². The molecule has 4 fully saturated rings. The summed E-state index contributed by atoms with van der Waals surface area (Å²) < 4.78 is 35.9. The van der Waals surface area contributed by atoms with E-state index in [1.54, 1.807) is 23.4 Å². The highest BCUT2D eigenvalue weighted by Crippen LogP contribution is 2.53. The van der Waals surface area contributed by atoms with Crippen molar-refractivity contribution in [3.63, 3.8) is 0 Å². The molecule has 0 spiro atoms. The van der Waals surface area contributed by atoms with Crippen LogP contribution in [0.1, 0.15) is 63.6 Å². The van der Waals surface area contributed by atoms with Crippen LogP contribution < -0.4 is 10.2 Å². The number of anilines is 1. The number of carbonyl (C=O) groups is 2. The maximum atomic E-state index is 14.8. The number of rotatable bonds is 6. The van der Waals surface area contributed by atoms with E-state index >= 15 is 0 Å². The van der Waals surface area contributed by atoms with Crippen LogP contribution in [0.15, 0.2) is 48.8 Å². The van der Waals surface area contributed by atoms with Gasteiger partial charge >= 0.3 is 0 Å². The summed E-state index contributed by atoms with van der Waals surface area (Å²) in [6.45, 7) is 7.57. The zero-order chi connectivity index (χ0) is 29.6. The van der Waals surface area contributed by atoms with Gasteiger partial charge in [-0.25, -0.2) is 8.42 Å². The van der Waals surface area contributed by atoms with E-state index in [9.17, 15) is 18.0 Å². The predicted octanol–water partition coefficient (Wildman–Crippen LogP) is 3.79. The molecular weight excluding hydrogens is 554 g/mol. The molecule has 226 valence electrons. The zero-order valence-corrected chi connectivity index (χ0v) is 25.4. The molecule has 2 unspecified atom stereocenters. The van der Waals surface area contributed by atoms with E-state index in [0.29, 0.717) is 43.7 Å². The third-order valence-electron chi connectivity index (χ3n) is 9.61. The van der Waals surface area contributed by atoms with Gasteiger partial charge in [0.25, 0.3) is 0 Å². The van der Waals surface area contributed by atoms with Crippen molar-refractivity contribution in [1.29, 1.82) is 0 Å². The number of hydrogen-bond donors (Lipinski definition) is 1. The minimum atomic E-state index is -3.09. The Hall–Kier alpha value is -2.82. The van der Waals surface area contributed by atoms with Crippen LogP contribution >= 0.6 is 0 Å². The van der Waals surface area contributed by atoms with Gasteiger partial charge in [0.05, 0.1) is 24.7 Å². The molecule has 0 radical (unpaired) electrons. The van der Waals surface area contributed by atoms with Crippen molar-refractivity contribution >= 4 is 27.3 Å². The van der Waals surface area contributed by atoms with Gasteiger partial charge in [-0.1, -0.05) is 39.0 Å². The number of sulfone groups is 1. The first-order valence-electron chi connectivity index (χ1n) is 15.1. The second-order valence-corrected chi connectivity index (χ2v) is 15.6. The van der Waals surface area contributed by atoms with Crippen molar-refractivity contribution in [1.82, 2.24) is 10.3 Å². The summed E-state index contributed by atoms with van der Waals surface area (Å²) in [5.74, 6) is 0.00219. The molecule has 6 rings (SSSR count). The summed E-state index contributed by atoms with van der Waals surface area (Å²) in [4.78, 5) is 35.0. The van der Waals surface area contributed by atoms with Gasteiger partial charge in [-0.3, -0.25) is 19.5 Å². The Morgan fingerprint density at radius 1 is 1.05 bits per heavy atom. The lowest BCUT2D eigenvalue weighted by Gasteiger charge is -2.38. The molecule has 2 amide bonds. The molecule has 4 aliphatic rings. The van der Waals surface area contributed by atoms with Crippen LogP contribution in [-0.4, -0.2) is 62.3 Å². The van der Waals surface area contributed by atoms with Crippen LogP contribution in [0.2, 0.25) is 0 Å². The summed E-state index contributed by atoms with van der Waals surface area (Å²) in [6, 6.07) is 10.3. The van der Waals surface area contributed by atoms with E-state index in [4.69, 9.17) is 9.47 Å². The van der Waals surface area contributed by atoms with Crippen molar-refractivity contribution in [3.05, 3.63) is 59.9 Å². The Balaban J connectivity index is 1.38. The largest absolute Gasteiger partial charge is 0.352 e. The average Bonchev–Trinajstić information content (AvgIpc) is 3.56. The Morgan fingerprint density at radius 3 is 2.45 bits per heavy atom. The lowest BCUT2D eigenvalue weighted by Crippen LogP contribution is -2.50. The number of ether oxygens (including phenoxy) is 2. The monoisotopic (exact) mass is 595 g/mol. The molecule has 3 aliphatic heterocycles. The molecule has 42 heavy (non-hydrogen) atoms. The summed E-state index contributed by atoms with van der Waals surface area (Å²) >= 11 is 0. The smallest absolute Gasteiger partial charge is 0.248 e. The topological polar surface area (TPSA) is 115 Å². The summed E-state index contributed by atoms with van der Waals surface area (Å²) in [5, 5.41) is 3.10. The SMILES string of the molecule is CC(C)(C)c1ccc(N(C(=O)[C@H]2CC3CO[C@H]4OCC[C@@H]2[C@@H]34)C(C(=O)NC2CCS(=O)(=O)CC2)c2cccnc2)cc1. The fourth-order valence-electron chi connectivity index (χ4n) is 7.34. The molecule has 4 heterocycles. The third kappa shape index (κ3) is 5.73. The number of amides is 2. The van der Waals surface area contributed by atoms with Gasteiger partial charge in [0.2, 0.25) is 11.8 Å². The van der Waals surface area contributed by atoms with Gasteiger partial charge in [-0.15, -0.1) is 0 Å². The standard InChI is InChI=1S/C32H41N3O6S/c1-32(2,3)22-6-8-24(9-7-22)35(30(37)26-17-21-19-41-31-27(21)25(26)10-14-40-31)28(20-5-4-13-33-18-20)29(36)34-23-11-15-42(38,39)16-12-23/h4-9,13,18,21,23,25-28,31H,10-12,14-17,19H2,1-3H3,(H,34,36)/t21?,25-,26-,27+,28?,31+/m0/s1. The minimum Gasteiger partial charge on any atom is -0.352 e. The molecule has 1 aromatic heterocycles. The highest BCUT2D eigenvalue weighted by molar-refractivity contribution is 7.91. The van der Waals surface area contributed by atoms with Gasteiger partial charge in [-0.05, 0) is 66.7 Å². The Bertz CT molecular complexity index is 1390. The van der Waals surface area contributed by atoms with Crippen LogP contribution in [-0.2, 0) is 34.3 Å². The van der Waals surface area contributed by atoms with Crippen molar-refractivity contribution in [3.8, 4) is 0 Å². The maximum absolute atomic E-state index is 14.8. The average molecular weight is 596 g/mol. The normalized spacial score (nSPS) is 29.5. The van der Waals surface area contributed by atoms with Crippen LogP contribution in [0.25, 0.3) is 0 Å². The molecule has 6 atom stereocenters. The molecular formula is C32H41N3O6S. The fraction of sp³-hybridized carbons (Fsp3) is 0.594. The second kappa shape index (κ2) is 11.4. The first kappa shape index (κ1) is 29.3. The van der Waals surface area contributed by atoms with Crippen molar-refractivity contribution in [2.24, 2.45) is 23.7 Å². The van der Waals surface area contributed by atoms with Gasteiger partial charge in [0, 0.05) is 41.5 Å². The van der Waals surface area contributed by atoms with E-state index in [1.165, 1.54) is 0 Å². The van der Waals surface area contributed by atoms with E-state index in [0.717, 1.165) is 12.0 Å². The first-order valence-corrected chi connectivity index (χ1v) is 16.9. The van der Waals surface area contributed by atoms with E-state index in [2.05, 4.69) is 31.1 Å². The lowest BCUT2D eigenvalue weighted by atomic mass is 9.82. The molecule has 1 aromatic carbocycles. The van der Waals surface area contributed by atoms with Gasteiger partial charge in [-0.2, -0.15) is 0 Å². The number of hydrogen-bond acceptors (Lipinski definition) is 7. The van der Waals surface area contributed by atoms with Crippen LogP contribution in [0.4, 0.5) is 5.69 Å². The van der Waals surface area contributed by atoms with Crippen molar-refractivity contribution in [2.45, 2.75) is 70.2 Å². The highest BCUT2D eigenvalue weighted by atomic mass is 32.2. The highest BCUT2D eigenvalue weighted by Gasteiger charge is 2.56. The number of nitrogens with zero attached hydrogens (tertiary/aromatic N) is 2. The first-order chi connectivity index (χ1) is 20.0. The minimum absolute atomic E-state index is 0.0459. The second-order valence-electron chi connectivity index (χ2n) is 13.3. The number of pyridine rings is 1. The van der Waals surface area contributed by atoms with Crippen molar-refractivity contribution < 1.29 is 27.5 Å². The predicted molar refractivity (Wildman–Crippen MR) is 158 cm³/mol. The van der Waals surface area contributed by atoms with Gasteiger partial charge in [0.15, 0.2) is 6.29 Å². The molecule has 1 N–H and O–H groups in total. The molecule has 2 aromatic rings. The summed E-state index contributed by atoms with van der Waals surface area (Å²) in [7, 11) is -3.09. The molecule has 10 heteroatoms. The molecule has 1 aliphatic carbocycles.